The number of esters is 2. The molecule has 0 radical (unpaired) electrons. The van der Waals surface area contributed by atoms with Crippen LogP contribution in [0.5, 0.6) is 0 Å². The average Bonchev–Trinajstić information content (AvgIpc) is 3.44. The number of quaternary nitrogens is 1. The molecule has 9 nitrogen and oxygen atoms in total. The van der Waals surface area contributed by atoms with Crippen molar-refractivity contribution in [1.29, 1.82) is 0 Å². The van der Waals surface area contributed by atoms with Crippen LogP contribution in [-0.2, 0) is 33.3 Å². The number of unbranched alkanes of at least 4 members (excludes halogenated alkanes) is 51. The highest BCUT2D eigenvalue weighted by Gasteiger charge is 2.25. The van der Waals surface area contributed by atoms with Crippen molar-refractivity contribution in [2.24, 2.45) is 0 Å². The van der Waals surface area contributed by atoms with Crippen molar-refractivity contribution >= 4 is 17.9 Å². The summed E-state index contributed by atoms with van der Waals surface area (Å²) in [4.78, 5) is 37.5. The van der Waals surface area contributed by atoms with E-state index >= 15 is 0 Å². The summed E-state index contributed by atoms with van der Waals surface area (Å²) in [5.41, 5.74) is 0. The molecule has 0 fully saturated rings. The molecule has 0 saturated heterocycles. The molecule has 0 aromatic carbocycles. The first-order chi connectivity index (χ1) is 39.6. The van der Waals surface area contributed by atoms with Crippen LogP contribution in [0.2, 0.25) is 0 Å². The lowest BCUT2D eigenvalue weighted by Crippen LogP contribution is -2.40. The molecule has 0 amide bonds. The summed E-state index contributed by atoms with van der Waals surface area (Å²) >= 11 is 0. The lowest BCUT2D eigenvalue weighted by Gasteiger charge is -2.25. The molecule has 0 rings (SSSR count). The minimum Gasteiger partial charge on any atom is -0.477 e. The van der Waals surface area contributed by atoms with Gasteiger partial charge in [0.15, 0.2) is 6.10 Å². The van der Waals surface area contributed by atoms with E-state index in [9.17, 15) is 19.5 Å². The van der Waals surface area contributed by atoms with Crippen molar-refractivity contribution < 1.29 is 42.9 Å². The molecule has 9 heteroatoms. The summed E-state index contributed by atoms with van der Waals surface area (Å²) in [5, 5.41) is 9.73. The Morgan fingerprint density at radius 1 is 0.358 bits per heavy atom. The number of aliphatic carboxylic acids is 1. The lowest BCUT2D eigenvalue weighted by atomic mass is 10.0. The van der Waals surface area contributed by atoms with Crippen LogP contribution in [0.15, 0.2) is 12.2 Å². The minimum absolute atomic E-state index is 0.173. The normalized spacial score (nSPS) is 12.7. The molecule has 0 bridgehead atoms. The number of ether oxygens (including phenoxy) is 4. The number of carbonyl (C=O) groups is 3. The molecule has 0 heterocycles. The number of rotatable bonds is 68. The van der Waals surface area contributed by atoms with Crippen LogP contribution in [0.25, 0.3) is 0 Å². The summed E-state index contributed by atoms with van der Waals surface area (Å²) in [5.74, 6) is -1.97. The molecule has 1 N–H and O–H groups in total. The number of hydrogen-bond acceptors (Lipinski definition) is 7. The van der Waals surface area contributed by atoms with Gasteiger partial charge in [0.2, 0.25) is 0 Å². The van der Waals surface area contributed by atoms with Crippen molar-refractivity contribution in [3.63, 3.8) is 0 Å². The third-order valence-corrected chi connectivity index (χ3v) is 16.5. The Kier molecular flexibility index (Phi) is 62.5. The van der Waals surface area contributed by atoms with Crippen LogP contribution in [0.3, 0.4) is 0 Å². The maximum absolute atomic E-state index is 12.9. The number of carboxylic acids is 1. The minimum atomic E-state index is -1.50. The van der Waals surface area contributed by atoms with Gasteiger partial charge in [-0.2, -0.15) is 0 Å². The molecule has 0 aromatic heterocycles. The summed E-state index contributed by atoms with van der Waals surface area (Å²) < 4.78 is 23.0. The van der Waals surface area contributed by atoms with E-state index in [1.807, 2.05) is 21.1 Å². The molecule has 0 aliphatic heterocycles. The van der Waals surface area contributed by atoms with E-state index in [0.29, 0.717) is 17.4 Å². The molecule has 0 aromatic rings. The molecule has 0 saturated carbocycles. The van der Waals surface area contributed by atoms with Gasteiger partial charge >= 0.3 is 17.9 Å². The molecule has 0 spiro atoms. The van der Waals surface area contributed by atoms with Gasteiger partial charge in [-0.3, -0.25) is 9.59 Å². The molecule has 2 atom stereocenters. The van der Waals surface area contributed by atoms with Crippen LogP contribution in [-0.4, -0.2) is 87.4 Å². The number of likely N-dealkylation sites (N-methyl/N-ethyl adjacent to an activating group) is 1. The van der Waals surface area contributed by atoms with Crippen molar-refractivity contribution in [2.45, 2.75) is 386 Å². The summed E-state index contributed by atoms with van der Waals surface area (Å²) in [7, 11) is 5.99. The third kappa shape index (κ3) is 65.4. The second-order valence-corrected chi connectivity index (χ2v) is 25.9. The Balaban J connectivity index is 3.92. The van der Waals surface area contributed by atoms with Gasteiger partial charge in [-0.25, -0.2) is 4.79 Å². The van der Waals surface area contributed by atoms with Crippen LogP contribution < -0.4 is 0 Å². The zero-order chi connectivity index (χ0) is 59.1. The Labute approximate surface area is 504 Å². The van der Waals surface area contributed by atoms with Gasteiger partial charge in [0, 0.05) is 12.8 Å². The van der Waals surface area contributed by atoms with Crippen LogP contribution in [0, 0.1) is 0 Å². The largest absolute Gasteiger partial charge is 0.477 e. The quantitative estimate of drug-likeness (QED) is 0.0211. The van der Waals surface area contributed by atoms with Gasteiger partial charge in [0.05, 0.1) is 34.4 Å². The first kappa shape index (κ1) is 79.0. The summed E-state index contributed by atoms with van der Waals surface area (Å²) in [6.45, 7) is 4.95. The number of carboxylic acid groups (broad SMARTS) is 1. The van der Waals surface area contributed by atoms with E-state index in [0.717, 1.165) is 38.5 Å². The first-order valence-electron chi connectivity index (χ1n) is 35.9. The topological polar surface area (TPSA) is 108 Å². The van der Waals surface area contributed by atoms with Crippen LogP contribution >= 0.6 is 0 Å². The number of carbonyl (C=O) groups excluding carboxylic acids is 2. The monoisotopic (exact) mass is 1150 g/mol. The van der Waals surface area contributed by atoms with E-state index in [4.69, 9.17) is 18.9 Å². The highest BCUT2D eigenvalue weighted by atomic mass is 16.7. The molecular formula is C72H140NO8+. The smallest absolute Gasteiger partial charge is 0.361 e. The lowest BCUT2D eigenvalue weighted by molar-refractivity contribution is -0.870. The molecule has 0 aliphatic rings. The van der Waals surface area contributed by atoms with Crippen LogP contribution in [0.4, 0.5) is 0 Å². The average molecular weight is 1150 g/mol. The Morgan fingerprint density at radius 2 is 0.630 bits per heavy atom. The fourth-order valence-corrected chi connectivity index (χ4v) is 11.0. The van der Waals surface area contributed by atoms with Gasteiger partial charge < -0.3 is 28.5 Å². The highest BCUT2D eigenvalue weighted by Crippen LogP contribution is 2.19. The molecular weight excluding hydrogens is 1010 g/mol. The number of nitrogens with zero attached hydrogens (tertiary/aromatic N) is 1. The second-order valence-electron chi connectivity index (χ2n) is 25.9. The molecule has 0 aliphatic carbocycles. The Bertz CT molecular complexity index is 1330. The van der Waals surface area contributed by atoms with E-state index in [2.05, 4.69) is 26.0 Å². The zero-order valence-electron chi connectivity index (χ0n) is 55.0. The van der Waals surface area contributed by atoms with Crippen molar-refractivity contribution in [1.82, 2.24) is 0 Å². The fourth-order valence-electron chi connectivity index (χ4n) is 11.0. The molecule has 480 valence electrons. The zero-order valence-corrected chi connectivity index (χ0v) is 55.0. The Morgan fingerprint density at radius 3 is 0.914 bits per heavy atom. The molecule has 2 unspecified atom stereocenters. The van der Waals surface area contributed by atoms with E-state index in [1.165, 1.54) is 308 Å². The fraction of sp³-hybridized carbons (Fsp3) is 0.931. The van der Waals surface area contributed by atoms with Crippen molar-refractivity contribution in [3.8, 4) is 0 Å². The summed E-state index contributed by atoms with van der Waals surface area (Å²) in [6.07, 6.45) is 75.0. The van der Waals surface area contributed by atoms with Gasteiger partial charge in [-0.05, 0) is 38.5 Å². The van der Waals surface area contributed by atoms with Crippen molar-refractivity contribution in [3.05, 3.63) is 12.2 Å². The predicted molar refractivity (Wildman–Crippen MR) is 346 cm³/mol. The van der Waals surface area contributed by atoms with E-state index in [-0.39, 0.29) is 38.2 Å². The first-order valence-corrected chi connectivity index (χ1v) is 35.9. The van der Waals surface area contributed by atoms with E-state index < -0.39 is 18.4 Å². The maximum Gasteiger partial charge on any atom is 0.361 e. The number of allylic oxidation sites excluding steroid dienone is 2. The second kappa shape index (κ2) is 64.0. The van der Waals surface area contributed by atoms with E-state index in [1.54, 1.807) is 0 Å². The summed E-state index contributed by atoms with van der Waals surface area (Å²) in [6, 6.07) is 0. The van der Waals surface area contributed by atoms with Gasteiger partial charge in [0.1, 0.15) is 13.2 Å². The highest BCUT2D eigenvalue weighted by molar-refractivity contribution is 5.71. The number of hydrogen-bond donors (Lipinski definition) is 1. The third-order valence-electron chi connectivity index (χ3n) is 16.5. The maximum atomic E-state index is 12.9. The van der Waals surface area contributed by atoms with Gasteiger partial charge in [-0.15, -0.1) is 0 Å². The SMILES string of the molecule is CCCCCCCCCC/C=C\CCCCCCCCCCCCCCCCCCCCCCCCCCCCCC(=O)OC(COC(=O)CCCCCCCCCCCCCCCCCCC)COC(OCC[N+](C)(C)C)C(=O)O. The standard InChI is InChI=1S/C72H139NO8/c1-6-8-10-12-14-16-18-20-22-24-25-26-27-28-29-30-31-32-33-34-35-36-37-38-39-40-41-42-43-44-45-47-49-51-53-55-57-59-61-63-70(75)81-68(67-80-72(71(76)77)78-65-64-73(3,4)5)66-79-69(74)62-60-58-56-54-52-50-48-46-23-21-19-17-15-13-11-9-7-2/h24-25,68,72H,6-23,26-67H2,1-5H3/p+1/b25-24-. The van der Waals surface area contributed by atoms with Gasteiger partial charge in [0.25, 0.3) is 6.29 Å². The van der Waals surface area contributed by atoms with Gasteiger partial charge in [-0.1, -0.05) is 334 Å². The van der Waals surface area contributed by atoms with Crippen molar-refractivity contribution in [2.75, 3.05) is 47.5 Å². The predicted octanol–water partition coefficient (Wildman–Crippen LogP) is 22.0. The molecule has 81 heavy (non-hydrogen) atoms. The Hall–Kier alpha value is -1.97. The van der Waals surface area contributed by atoms with Crippen LogP contribution in [0.1, 0.15) is 373 Å².